The molecular formula is C19H14N2O2S. The van der Waals surface area contributed by atoms with Crippen LogP contribution in [0.3, 0.4) is 0 Å². The van der Waals surface area contributed by atoms with E-state index in [4.69, 9.17) is 4.42 Å². The van der Waals surface area contributed by atoms with Gasteiger partial charge in [-0.15, -0.1) is 11.3 Å². The van der Waals surface area contributed by atoms with Gasteiger partial charge in [-0.1, -0.05) is 23.8 Å². The number of thiophene rings is 1. The van der Waals surface area contributed by atoms with E-state index in [0.29, 0.717) is 22.7 Å². The van der Waals surface area contributed by atoms with Crippen molar-refractivity contribution in [2.45, 2.75) is 6.92 Å². The number of hydrogen-bond acceptors (Lipinski definition) is 4. The first-order chi connectivity index (χ1) is 11.7. The van der Waals surface area contributed by atoms with Gasteiger partial charge in [0.2, 0.25) is 5.89 Å². The van der Waals surface area contributed by atoms with Crippen LogP contribution in [-0.4, -0.2) is 10.9 Å². The van der Waals surface area contributed by atoms with E-state index in [2.05, 4.69) is 10.3 Å². The molecule has 118 valence electrons. The number of oxazole rings is 1. The summed E-state index contributed by atoms with van der Waals surface area (Å²) in [5, 5.41) is 4.89. The minimum atomic E-state index is -0.139. The fourth-order valence-electron chi connectivity index (χ4n) is 2.50. The number of nitrogens with one attached hydrogen (secondary N) is 1. The molecule has 2 aromatic carbocycles. The van der Waals surface area contributed by atoms with Crippen LogP contribution in [0.2, 0.25) is 0 Å². The molecule has 0 aliphatic carbocycles. The summed E-state index contributed by atoms with van der Waals surface area (Å²) in [5.41, 5.74) is 3.80. The molecule has 1 N–H and O–H groups in total. The third kappa shape index (κ3) is 2.81. The van der Waals surface area contributed by atoms with E-state index in [1.54, 1.807) is 17.4 Å². The maximum Gasteiger partial charge on any atom is 0.255 e. The van der Waals surface area contributed by atoms with Crippen LogP contribution in [0.15, 0.2) is 64.4 Å². The minimum absolute atomic E-state index is 0.139. The van der Waals surface area contributed by atoms with Crippen molar-refractivity contribution in [3.8, 4) is 10.8 Å². The van der Waals surface area contributed by atoms with Crippen molar-refractivity contribution >= 4 is 34.0 Å². The SMILES string of the molecule is Cc1cccc(C(=O)Nc2ccc3oc(-c4cccs4)nc3c2)c1. The van der Waals surface area contributed by atoms with Gasteiger partial charge in [0.05, 0.1) is 4.88 Å². The smallest absolute Gasteiger partial charge is 0.255 e. The number of hydrogen-bond donors (Lipinski definition) is 1. The van der Waals surface area contributed by atoms with Crippen molar-refractivity contribution in [3.05, 3.63) is 71.1 Å². The molecule has 2 heterocycles. The Labute approximate surface area is 142 Å². The lowest BCUT2D eigenvalue weighted by atomic mass is 10.1. The van der Waals surface area contributed by atoms with Crippen LogP contribution in [0.25, 0.3) is 21.9 Å². The van der Waals surface area contributed by atoms with Gasteiger partial charge in [0, 0.05) is 11.3 Å². The van der Waals surface area contributed by atoms with E-state index in [0.717, 1.165) is 16.0 Å². The third-order valence-corrected chi connectivity index (χ3v) is 4.52. The number of rotatable bonds is 3. The van der Waals surface area contributed by atoms with Gasteiger partial charge in [0.25, 0.3) is 5.91 Å². The number of benzene rings is 2. The molecule has 0 aliphatic rings. The van der Waals surface area contributed by atoms with E-state index in [-0.39, 0.29) is 5.91 Å². The Morgan fingerprint density at radius 3 is 2.83 bits per heavy atom. The van der Waals surface area contributed by atoms with Crippen molar-refractivity contribution in [1.29, 1.82) is 0 Å². The summed E-state index contributed by atoms with van der Waals surface area (Å²) in [6, 6.07) is 16.9. The molecule has 0 fully saturated rings. The Morgan fingerprint density at radius 2 is 2.04 bits per heavy atom. The molecule has 1 amide bonds. The number of amides is 1. The molecular weight excluding hydrogens is 320 g/mol. The molecule has 0 saturated carbocycles. The van der Waals surface area contributed by atoms with Crippen LogP contribution in [-0.2, 0) is 0 Å². The van der Waals surface area contributed by atoms with Gasteiger partial charge in [0.15, 0.2) is 5.58 Å². The largest absolute Gasteiger partial charge is 0.435 e. The second-order valence-electron chi connectivity index (χ2n) is 5.50. The maximum atomic E-state index is 12.3. The predicted octanol–water partition coefficient (Wildman–Crippen LogP) is 5.12. The first kappa shape index (κ1) is 14.7. The van der Waals surface area contributed by atoms with E-state index < -0.39 is 0 Å². The number of carbonyl (C=O) groups is 1. The average molecular weight is 334 g/mol. The highest BCUT2D eigenvalue weighted by Gasteiger charge is 2.11. The number of fused-ring (bicyclic) bond motifs is 1. The topological polar surface area (TPSA) is 55.1 Å². The lowest BCUT2D eigenvalue weighted by molar-refractivity contribution is 0.102. The average Bonchev–Trinajstić information content (AvgIpc) is 3.23. The van der Waals surface area contributed by atoms with Crippen LogP contribution >= 0.6 is 11.3 Å². The summed E-state index contributed by atoms with van der Waals surface area (Å²) >= 11 is 1.58. The first-order valence-corrected chi connectivity index (χ1v) is 8.39. The van der Waals surface area contributed by atoms with E-state index in [1.807, 2.05) is 60.8 Å². The van der Waals surface area contributed by atoms with Crippen LogP contribution in [0.5, 0.6) is 0 Å². The second-order valence-corrected chi connectivity index (χ2v) is 6.45. The lowest BCUT2D eigenvalue weighted by Gasteiger charge is -2.05. The Kier molecular flexibility index (Phi) is 3.63. The van der Waals surface area contributed by atoms with E-state index >= 15 is 0 Å². The molecule has 4 rings (SSSR count). The third-order valence-electron chi connectivity index (χ3n) is 3.66. The fourth-order valence-corrected chi connectivity index (χ4v) is 3.15. The standard InChI is InChI=1S/C19H14N2O2S/c1-12-4-2-5-13(10-12)18(22)20-14-7-8-16-15(11-14)21-19(23-16)17-6-3-9-24-17/h2-11H,1H3,(H,20,22). The van der Waals surface area contributed by atoms with Crippen molar-refractivity contribution in [2.24, 2.45) is 0 Å². The summed E-state index contributed by atoms with van der Waals surface area (Å²) in [5.74, 6) is 0.460. The molecule has 24 heavy (non-hydrogen) atoms. The molecule has 4 nitrogen and oxygen atoms in total. The van der Waals surface area contributed by atoms with Crippen molar-refractivity contribution in [1.82, 2.24) is 4.98 Å². The Hall–Kier alpha value is -2.92. The zero-order chi connectivity index (χ0) is 16.5. The molecule has 2 aromatic heterocycles. The van der Waals surface area contributed by atoms with E-state index in [1.165, 1.54) is 0 Å². The second kappa shape index (κ2) is 5.94. The molecule has 5 heteroatoms. The van der Waals surface area contributed by atoms with Gasteiger partial charge < -0.3 is 9.73 Å². The Balaban J connectivity index is 1.62. The number of aryl methyl sites for hydroxylation is 1. The zero-order valence-corrected chi connectivity index (χ0v) is 13.8. The van der Waals surface area contributed by atoms with Crippen LogP contribution < -0.4 is 5.32 Å². The molecule has 0 atom stereocenters. The van der Waals surface area contributed by atoms with Crippen molar-refractivity contribution in [2.75, 3.05) is 5.32 Å². The number of aromatic nitrogens is 1. The van der Waals surface area contributed by atoms with Crippen molar-refractivity contribution < 1.29 is 9.21 Å². The van der Waals surface area contributed by atoms with Crippen LogP contribution in [0.4, 0.5) is 5.69 Å². The van der Waals surface area contributed by atoms with Crippen LogP contribution in [0.1, 0.15) is 15.9 Å². The summed E-state index contributed by atoms with van der Waals surface area (Å²) in [6.45, 7) is 1.96. The van der Waals surface area contributed by atoms with Gasteiger partial charge in [0.1, 0.15) is 5.52 Å². The van der Waals surface area contributed by atoms with Crippen LogP contribution in [0, 0.1) is 6.92 Å². The molecule has 0 radical (unpaired) electrons. The lowest BCUT2D eigenvalue weighted by Crippen LogP contribution is -2.11. The number of anilines is 1. The summed E-state index contributed by atoms with van der Waals surface area (Å²) in [6.07, 6.45) is 0. The number of carbonyl (C=O) groups excluding carboxylic acids is 1. The highest BCUT2D eigenvalue weighted by Crippen LogP contribution is 2.29. The Bertz CT molecular complexity index is 1020. The van der Waals surface area contributed by atoms with Crippen molar-refractivity contribution in [3.63, 3.8) is 0 Å². The number of nitrogens with zero attached hydrogens (tertiary/aromatic N) is 1. The maximum absolute atomic E-state index is 12.3. The minimum Gasteiger partial charge on any atom is -0.435 e. The molecule has 0 spiro atoms. The van der Waals surface area contributed by atoms with Gasteiger partial charge in [-0.25, -0.2) is 4.98 Å². The van der Waals surface area contributed by atoms with Gasteiger partial charge in [-0.3, -0.25) is 4.79 Å². The summed E-state index contributed by atoms with van der Waals surface area (Å²) in [4.78, 5) is 17.8. The Morgan fingerprint density at radius 1 is 1.12 bits per heavy atom. The summed E-state index contributed by atoms with van der Waals surface area (Å²) < 4.78 is 5.76. The molecule has 0 saturated heterocycles. The molecule has 0 aliphatic heterocycles. The quantitative estimate of drug-likeness (QED) is 0.566. The van der Waals surface area contributed by atoms with E-state index in [9.17, 15) is 4.79 Å². The summed E-state index contributed by atoms with van der Waals surface area (Å²) in [7, 11) is 0. The first-order valence-electron chi connectivity index (χ1n) is 7.51. The molecule has 4 aromatic rings. The predicted molar refractivity (Wildman–Crippen MR) is 96.5 cm³/mol. The fraction of sp³-hybridized carbons (Fsp3) is 0.0526. The van der Waals surface area contributed by atoms with Gasteiger partial charge in [-0.2, -0.15) is 0 Å². The molecule has 0 bridgehead atoms. The highest BCUT2D eigenvalue weighted by atomic mass is 32.1. The van der Waals surface area contributed by atoms with Gasteiger partial charge >= 0.3 is 0 Å². The highest BCUT2D eigenvalue weighted by molar-refractivity contribution is 7.13. The normalized spacial score (nSPS) is 10.9. The van der Waals surface area contributed by atoms with Gasteiger partial charge in [-0.05, 0) is 48.7 Å². The zero-order valence-electron chi connectivity index (χ0n) is 12.9. The molecule has 0 unspecified atom stereocenters. The monoisotopic (exact) mass is 334 g/mol.